The standard InChI is InChI=1S/C18H30N2O3S/c1-11(20(23)16(19)22)10-24-12-8-13(17(2,3)4)15(21)14(9-12)18(5,6)7/h8-9,11,21,23H,10H2,1-7H3,(H2,19,22). The zero-order valence-electron chi connectivity index (χ0n) is 15.7. The van der Waals surface area contributed by atoms with Gasteiger partial charge in [-0.15, -0.1) is 11.8 Å². The Balaban J connectivity index is 3.18. The average molecular weight is 355 g/mol. The molecular weight excluding hydrogens is 324 g/mol. The molecule has 0 aliphatic heterocycles. The molecule has 1 aromatic rings. The Labute approximate surface area is 149 Å². The number of benzene rings is 1. The third kappa shape index (κ3) is 5.05. The van der Waals surface area contributed by atoms with E-state index in [-0.39, 0.29) is 10.8 Å². The molecule has 2 amide bonds. The monoisotopic (exact) mass is 354 g/mol. The number of urea groups is 1. The molecule has 24 heavy (non-hydrogen) atoms. The van der Waals surface area contributed by atoms with Crippen molar-refractivity contribution < 1.29 is 15.1 Å². The van der Waals surface area contributed by atoms with Gasteiger partial charge in [-0.05, 0) is 29.9 Å². The highest BCUT2D eigenvalue weighted by Crippen LogP contribution is 2.41. The summed E-state index contributed by atoms with van der Waals surface area (Å²) in [7, 11) is 0. The Kier molecular flexibility index (Phi) is 6.22. The van der Waals surface area contributed by atoms with Crippen LogP contribution < -0.4 is 5.73 Å². The third-order valence-corrected chi connectivity index (χ3v) is 5.05. The Morgan fingerprint density at radius 1 is 1.17 bits per heavy atom. The number of hydrogen-bond acceptors (Lipinski definition) is 4. The van der Waals surface area contributed by atoms with Crippen LogP contribution in [0.5, 0.6) is 5.75 Å². The summed E-state index contributed by atoms with van der Waals surface area (Å²) in [6, 6.07) is 2.69. The predicted octanol–water partition coefficient (Wildman–Crippen LogP) is 4.24. The van der Waals surface area contributed by atoms with Crippen molar-refractivity contribution in [2.24, 2.45) is 5.73 Å². The van der Waals surface area contributed by atoms with Gasteiger partial charge in [0.1, 0.15) is 5.75 Å². The number of phenols is 1. The van der Waals surface area contributed by atoms with E-state index >= 15 is 0 Å². The van der Waals surface area contributed by atoms with Crippen molar-refractivity contribution in [1.29, 1.82) is 0 Å². The Bertz CT molecular complexity index is 568. The Morgan fingerprint density at radius 3 is 1.92 bits per heavy atom. The number of rotatable bonds is 4. The second-order valence-electron chi connectivity index (χ2n) is 8.21. The first-order chi connectivity index (χ1) is 10.7. The molecule has 0 saturated carbocycles. The van der Waals surface area contributed by atoms with Gasteiger partial charge in [0.2, 0.25) is 0 Å². The van der Waals surface area contributed by atoms with E-state index in [2.05, 4.69) is 41.5 Å². The minimum atomic E-state index is -0.862. The lowest BCUT2D eigenvalue weighted by Crippen LogP contribution is -2.40. The molecule has 0 heterocycles. The van der Waals surface area contributed by atoms with Crippen molar-refractivity contribution in [2.75, 3.05) is 5.75 Å². The highest BCUT2D eigenvalue weighted by Gasteiger charge is 2.27. The number of hydroxylamine groups is 2. The van der Waals surface area contributed by atoms with Gasteiger partial charge in [-0.25, -0.2) is 9.86 Å². The van der Waals surface area contributed by atoms with Crippen LogP contribution in [0.2, 0.25) is 0 Å². The van der Waals surface area contributed by atoms with E-state index in [0.29, 0.717) is 16.6 Å². The van der Waals surface area contributed by atoms with Crippen LogP contribution in [0.3, 0.4) is 0 Å². The maximum absolute atomic E-state index is 11.0. The molecule has 6 heteroatoms. The second kappa shape index (κ2) is 7.23. The Hall–Kier alpha value is -1.40. The van der Waals surface area contributed by atoms with Crippen LogP contribution in [0.1, 0.15) is 59.6 Å². The van der Waals surface area contributed by atoms with Gasteiger partial charge in [-0.3, -0.25) is 5.21 Å². The summed E-state index contributed by atoms with van der Waals surface area (Å²) in [4.78, 5) is 12.0. The molecule has 0 aromatic heterocycles. The van der Waals surface area contributed by atoms with E-state index in [4.69, 9.17) is 5.73 Å². The molecule has 0 bridgehead atoms. The summed E-state index contributed by atoms with van der Waals surface area (Å²) in [6.45, 7) is 14.1. The molecule has 0 aliphatic rings. The molecule has 1 unspecified atom stereocenters. The quantitative estimate of drug-likeness (QED) is 0.429. The molecule has 1 rings (SSSR count). The van der Waals surface area contributed by atoms with Crippen LogP contribution in [0, 0.1) is 0 Å². The molecule has 0 aliphatic carbocycles. The number of nitrogens with zero attached hydrogens (tertiary/aromatic N) is 1. The maximum Gasteiger partial charge on any atom is 0.338 e. The van der Waals surface area contributed by atoms with Gasteiger partial charge >= 0.3 is 6.03 Å². The normalized spacial score (nSPS) is 13.7. The van der Waals surface area contributed by atoms with Gasteiger partial charge in [0.05, 0.1) is 6.04 Å². The third-order valence-electron chi connectivity index (χ3n) is 3.83. The minimum Gasteiger partial charge on any atom is -0.507 e. The number of amides is 2. The molecule has 0 radical (unpaired) electrons. The van der Waals surface area contributed by atoms with E-state index < -0.39 is 12.1 Å². The van der Waals surface area contributed by atoms with Crippen molar-refractivity contribution in [3.05, 3.63) is 23.3 Å². The van der Waals surface area contributed by atoms with Crippen LogP contribution in [0.25, 0.3) is 0 Å². The fourth-order valence-corrected chi connectivity index (χ4v) is 3.32. The summed E-state index contributed by atoms with van der Waals surface area (Å²) in [5.74, 6) is 0.838. The lowest BCUT2D eigenvalue weighted by atomic mass is 9.79. The number of aromatic hydroxyl groups is 1. The van der Waals surface area contributed by atoms with Crippen molar-refractivity contribution >= 4 is 17.8 Å². The molecule has 0 fully saturated rings. The van der Waals surface area contributed by atoms with Crippen LogP contribution in [-0.2, 0) is 10.8 Å². The lowest BCUT2D eigenvalue weighted by Gasteiger charge is -2.28. The van der Waals surface area contributed by atoms with Crippen molar-refractivity contribution in [3.63, 3.8) is 0 Å². The first kappa shape index (κ1) is 20.6. The largest absolute Gasteiger partial charge is 0.507 e. The SMILES string of the molecule is CC(CSc1cc(C(C)(C)C)c(O)c(C(C)(C)C)c1)N(O)C(N)=O. The van der Waals surface area contributed by atoms with E-state index in [0.717, 1.165) is 16.0 Å². The number of thioether (sulfide) groups is 1. The molecule has 5 nitrogen and oxygen atoms in total. The van der Waals surface area contributed by atoms with Crippen molar-refractivity contribution in [1.82, 2.24) is 5.06 Å². The first-order valence-electron chi connectivity index (χ1n) is 8.03. The van der Waals surface area contributed by atoms with Gasteiger partial charge in [0, 0.05) is 21.8 Å². The van der Waals surface area contributed by atoms with Crippen molar-refractivity contribution in [3.8, 4) is 5.75 Å². The lowest BCUT2D eigenvalue weighted by molar-refractivity contribution is -0.0628. The smallest absolute Gasteiger partial charge is 0.338 e. The number of phenolic OH excluding ortho intramolecular Hbond substituents is 1. The maximum atomic E-state index is 11.0. The van der Waals surface area contributed by atoms with E-state index in [9.17, 15) is 15.1 Å². The van der Waals surface area contributed by atoms with Gasteiger partial charge < -0.3 is 10.8 Å². The van der Waals surface area contributed by atoms with Crippen LogP contribution in [-0.4, -0.2) is 33.2 Å². The van der Waals surface area contributed by atoms with Gasteiger partial charge in [0.25, 0.3) is 0 Å². The fourth-order valence-electron chi connectivity index (χ4n) is 2.34. The zero-order chi connectivity index (χ0) is 18.9. The summed E-state index contributed by atoms with van der Waals surface area (Å²) in [6.07, 6.45) is 0. The topological polar surface area (TPSA) is 86.8 Å². The molecule has 1 aromatic carbocycles. The minimum absolute atomic E-state index is 0.192. The molecular formula is C18H30N2O3S. The van der Waals surface area contributed by atoms with Crippen LogP contribution in [0.15, 0.2) is 17.0 Å². The van der Waals surface area contributed by atoms with E-state index in [1.54, 1.807) is 6.92 Å². The Morgan fingerprint density at radius 2 is 1.58 bits per heavy atom. The van der Waals surface area contributed by atoms with Crippen LogP contribution >= 0.6 is 11.8 Å². The number of hydrogen-bond donors (Lipinski definition) is 3. The average Bonchev–Trinajstić information content (AvgIpc) is 2.42. The number of nitrogens with two attached hydrogens (primary N) is 1. The summed E-state index contributed by atoms with van der Waals surface area (Å²) in [5.41, 5.74) is 6.48. The zero-order valence-corrected chi connectivity index (χ0v) is 16.5. The van der Waals surface area contributed by atoms with E-state index in [1.165, 1.54) is 11.8 Å². The molecule has 0 spiro atoms. The van der Waals surface area contributed by atoms with Gasteiger partial charge in [-0.2, -0.15) is 0 Å². The second-order valence-corrected chi connectivity index (χ2v) is 9.30. The van der Waals surface area contributed by atoms with Crippen LogP contribution in [0.4, 0.5) is 4.79 Å². The predicted molar refractivity (Wildman–Crippen MR) is 98.9 cm³/mol. The summed E-state index contributed by atoms with van der Waals surface area (Å²) >= 11 is 1.52. The van der Waals surface area contributed by atoms with Crippen molar-refractivity contribution in [2.45, 2.75) is 70.2 Å². The highest BCUT2D eigenvalue weighted by molar-refractivity contribution is 7.99. The van der Waals surface area contributed by atoms with Gasteiger partial charge in [0.15, 0.2) is 0 Å². The molecule has 136 valence electrons. The highest BCUT2D eigenvalue weighted by atomic mass is 32.2. The number of primary amides is 1. The summed E-state index contributed by atoms with van der Waals surface area (Å²) in [5, 5.41) is 20.8. The molecule has 1 atom stereocenters. The number of carbonyl (C=O) groups is 1. The van der Waals surface area contributed by atoms with E-state index in [1.807, 2.05) is 12.1 Å². The molecule has 4 N–H and O–H groups in total. The first-order valence-corrected chi connectivity index (χ1v) is 9.02. The fraction of sp³-hybridized carbons (Fsp3) is 0.611. The number of carbonyl (C=O) groups excluding carboxylic acids is 1. The molecule has 0 saturated heterocycles. The van der Waals surface area contributed by atoms with Gasteiger partial charge in [-0.1, -0.05) is 41.5 Å². The summed E-state index contributed by atoms with van der Waals surface area (Å²) < 4.78 is 0.